The highest BCUT2D eigenvalue weighted by molar-refractivity contribution is 6.16. The Labute approximate surface area is 192 Å². The van der Waals surface area contributed by atoms with Gasteiger partial charge in [0.25, 0.3) is 0 Å². The van der Waals surface area contributed by atoms with E-state index >= 15 is 0 Å². The van der Waals surface area contributed by atoms with Gasteiger partial charge >= 0.3 is 0 Å². The van der Waals surface area contributed by atoms with Crippen LogP contribution in [0.15, 0.2) is 60.8 Å². The van der Waals surface area contributed by atoms with Gasteiger partial charge in [0.1, 0.15) is 18.5 Å². The molecule has 4 nitrogen and oxygen atoms in total. The molecule has 2 heterocycles. The Balaban J connectivity index is 0.00000218. The zero-order valence-corrected chi connectivity index (χ0v) is 19.6. The Morgan fingerprint density at radius 3 is 2.33 bits per heavy atom. The zero-order valence-electron chi connectivity index (χ0n) is 17.4. The van der Waals surface area contributed by atoms with Crippen LogP contribution in [-0.4, -0.2) is 16.8 Å². The quantitative estimate of drug-likeness (QED) is 0.292. The molecule has 5 heteroatoms. The van der Waals surface area contributed by atoms with E-state index < -0.39 is 0 Å². The smallest absolute Gasteiger partial charge is 0.220 e. The summed E-state index contributed by atoms with van der Waals surface area (Å²) in [6.07, 6.45) is 2.11. The summed E-state index contributed by atoms with van der Waals surface area (Å²) in [7, 11) is 5.89. The molecule has 0 spiro atoms. The van der Waals surface area contributed by atoms with Gasteiger partial charge in [-0.15, -0.1) is 0 Å². The topological polar surface area (TPSA) is 38.3 Å². The van der Waals surface area contributed by atoms with Crippen molar-refractivity contribution in [2.24, 2.45) is 14.1 Å². The number of benzene rings is 3. The summed E-state index contributed by atoms with van der Waals surface area (Å²) in [6, 6.07) is 18.1. The number of nitrogens with zero attached hydrogens (tertiary/aromatic N) is 2. The number of hydrogen-bond donors (Lipinski definition) is 1. The highest BCUT2D eigenvalue weighted by atomic mass is 127. The van der Waals surface area contributed by atoms with Crippen LogP contribution in [0.3, 0.4) is 0 Å². The van der Waals surface area contributed by atoms with Crippen molar-refractivity contribution in [1.82, 2.24) is 4.57 Å². The van der Waals surface area contributed by atoms with Crippen molar-refractivity contribution in [2.45, 2.75) is 6.92 Å². The number of rotatable bonds is 2. The summed E-state index contributed by atoms with van der Waals surface area (Å²) in [5.74, 6) is 1.14. The Morgan fingerprint density at radius 2 is 1.63 bits per heavy atom. The molecule has 0 aliphatic heterocycles. The van der Waals surface area contributed by atoms with Crippen LogP contribution >= 0.6 is 0 Å². The van der Waals surface area contributed by atoms with Crippen LogP contribution < -0.4 is 33.3 Å². The van der Waals surface area contributed by atoms with Gasteiger partial charge in [-0.3, -0.25) is 0 Å². The lowest BCUT2D eigenvalue weighted by Gasteiger charge is -2.10. The fourth-order valence-electron chi connectivity index (χ4n) is 4.57. The number of aromatic hydroxyl groups is 1. The highest BCUT2D eigenvalue weighted by Crippen LogP contribution is 2.38. The number of hydrogen-bond acceptors (Lipinski definition) is 2. The van der Waals surface area contributed by atoms with Gasteiger partial charge in [0.05, 0.1) is 18.0 Å². The fraction of sp³-hybridized carbons (Fsp3) is 0.160. The Kier molecular flexibility index (Phi) is 5.10. The van der Waals surface area contributed by atoms with E-state index in [1.165, 1.54) is 38.1 Å². The number of pyridine rings is 1. The normalized spacial score (nSPS) is 11.2. The van der Waals surface area contributed by atoms with Crippen LogP contribution in [0.1, 0.15) is 5.56 Å². The van der Waals surface area contributed by atoms with Crippen molar-refractivity contribution < 1.29 is 38.4 Å². The predicted molar refractivity (Wildman–Crippen MR) is 117 cm³/mol. The molecule has 0 radical (unpaired) electrons. The summed E-state index contributed by atoms with van der Waals surface area (Å²) in [5, 5.41) is 14.6. The third kappa shape index (κ3) is 2.91. The molecule has 5 rings (SSSR count). The molecule has 30 heavy (non-hydrogen) atoms. The van der Waals surface area contributed by atoms with Gasteiger partial charge < -0.3 is 38.4 Å². The van der Waals surface area contributed by atoms with Gasteiger partial charge in [-0.05, 0) is 66.4 Å². The second kappa shape index (κ2) is 7.47. The molecule has 0 saturated carbocycles. The van der Waals surface area contributed by atoms with E-state index in [9.17, 15) is 5.11 Å². The molecule has 0 atom stereocenters. The zero-order chi connectivity index (χ0) is 20.3. The van der Waals surface area contributed by atoms with E-state index in [2.05, 4.69) is 60.6 Å². The molecule has 0 bridgehead atoms. The molecule has 2 aromatic heterocycles. The molecule has 0 saturated heterocycles. The van der Waals surface area contributed by atoms with Gasteiger partial charge in [-0.2, -0.15) is 0 Å². The van der Waals surface area contributed by atoms with Gasteiger partial charge in [-0.25, -0.2) is 4.57 Å². The van der Waals surface area contributed by atoms with E-state index in [1.807, 2.05) is 18.2 Å². The summed E-state index contributed by atoms with van der Waals surface area (Å²) in [6.45, 7) is 2.20. The molecule has 0 aliphatic carbocycles. The molecule has 0 amide bonds. The first-order valence-corrected chi connectivity index (χ1v) is 9.67. The molecule has 5 aromatic rings. The first kappa shape index (κ1) is 20.5. The van der Waals surface area contributed by atoms with E-state index in [-0.39, 0.29) is 29.7 Å². The van der Waals surface area contributed by atoms with Crippen LogP contribution in [0.2, 0.25) is 0 Å². The minimum atomic E-state index is 0. The molecule has 0 unspecified atom stereocenters. The van der Waals surface area contributed by atoms with E-state index in [0.717, 1.165) is 17.0 Å². The molecule has 1 N–H and O–H groups in total. The predicted octanol–water partition coefficient (Wildman–Crippen LogP) is 2.00. The van der Waals surface area contributed by atoms with Crippen molar-refractivity contribution >= 4 is 32.6 Å². The lowest BCUT2D eigenvalue weighted by molar-refractivity contribution is -0.659. The van der Waals surface area contributed by atoms with Crippen molar-refractivity contribution in [2.75, 3.05) is 7.11 Å². The van der Waals surface area contributed by atoms with Crippen molar-refractivity contribution in [3.05, 3.63) is 66.4 Å². The van der Waals surface area contributed by atoms with Crippen LogP contribution in [0.5, 0.6) is 11.5 Å². The first-order chi connectivity index (χ1) is 14.0. The van der Waals surface area contributed by atoms with Crippen molar-refractivity contribution in [3.63, 3.8) is 0 Å². The molecule has 0 fully saturated rings. The van der Waals surface area contributed by atoms with Crippen LogP contribution in [0.4, 0.5) is 0 Å². The summed E-state index contributed by atoms with van der Waals surface area (Å²) in [4.78, 5) is 0. The monoisotopic (exact) mass is 510 g/mol. The number of methoxy groups -OCH3 is 1. The number of fused-ring (bicyclic) bond motifs is 4. The van der Waals surface area contributed by atoms with Crippen LogP contribution in [-0.2, 0) is 14.1 Å². The van der Waals surface area contributed by atoms with E-state index in [4.69, 9.17) is 4.74 Å². The Morgan fingerprint density at radius 1 is 0.900 bits per heavy atom. The largest absolute Gasteiger partial charge is 1.00 e. The van der Waals surface area contributed by atoms with Crippen molar-refractivity contribution in [3.8, 4) is 22.8 Å². The van der Waals surface area contributed by atoms with Gasteiger partial charge in [0, 0.05) is 35.0 Å². The number of aryl methyl sites for hydroxylation is 3. The fourth-order valence-corrected chi connectivity index (χ4v) is 4.57. The first-order valence-electron chi connectivity index (χ1n) is 9.67. The number of phenolic OH excluding ortho intramolecular Hbond substituents is 1. The molecular formula is C25H23IN2O2. The minimum absolute atomic E-state index is 0. The summed E-state index contributed by atoms with van der Waals surface area (Å²) < 4.78 is 9.90. The van der Waals surface area contributed by atoms with E-state index in [0.29, 0.717) is 0 Å². The van der Waals surface area contributed by atoms with Gasteiger partial charge in [0.15, 0.2) is 6.20 Å². The Bertz CT molecular complexity index is 1420. The van der Waals surface area contributed by atoms with Gasteiger partial charge in [-0.1, -0.05) is 0 Å². The number of aromatic nitrogens is 2. The second-order valence-corrected chi connectivity index (χ2v) is 7.62. The lowest BCUT2D eigenvalue weighted by atomic mass is 9.97. The third-order valence-corrected chi connectivity index (χ3v) is 6.00. The molecule has 0 aliphatic rings. The number of phenols is 1. The average molecular weight is 510 g/mol. The maximum atomic E-state index is 9.72. The highest BCUT2D eigenvalue weighted by Gasteiger charge is 2.20. The lowest BCUT2D eigenvalue weighted by Crippen LogP contribution is -3.00. The summed E-state index contributed by atoms with van der Waals surface area (Å²) >= 11 is 0. The SMILES string of the molecule is COc1ccc2c(c1)c1cc3c(-c4ccc(O)cc4)[n+](C)ccc3c(C)c1n2C.[I-]. The summed E-state index contributed by atoms with van der Waals surface area (Å²) in [5.41, 5.74) is 5.90. The minimum Gasteiger partial charge on any atom is -1.00 e. The number of ether oxygens (including phenoxy) is 1. The van der Waals surface area contributed by atoms with Crippen LogP contribution in [0, 0.1) is 6.92 Å². The third-order valence-electron chi connectivity index (χ3n) is 6.00. The maximum Gasteiger partial charge on any atom is 0.220 e. The van der Waals surface area contributed by atoms with E-state index in [1.54, 1.807) is 19.2 Å². The Hall–Kier alpha value is -2.80. The second-order valence-electron chi connectivity index (χ2n) is 7.62. The molecule has 152 valence electrons. The molecule has 3 aromatic carbocycles. The molecular weight excluding hydrogens is 487 g/mol. The van der Waals surface area contributed by atoms with Crippen LogP contribution in [0.25, 0.3) is 43.8 Å². The van der Waals surface area contributed by atoms with Crippen molar-refractivity contribution in [1.29, 1.82) is 0 Å². The average Bonchev–Trinajstić information content (AvgIpc) is 3.00. The van der Waals surface area contributed by atoms with Gasteiger partial charge in [0.2, 0.25) is 5.69 Å². The maximum absolute atomic E-state index is 9.72. The standard InChI is InChI=1S/C25H22N2O2.HI/c1-15-19-11-12-26(2)25(16-5-7-17(28)8-6-16)21(19)14-22-20-13-18(29-4)9-10-23(20)27(3)24(15)22;/h5-14H,1-4H3;1H. The number of halogens is 1.